The average molecular weight is 477 g/mol. The van der Waals surface area contributed by atoms with Crippen LogP contribution < -0.4 is 38.1 Å². The Kier molecular flexibility index (Phi) is 6.39. The van der Waals surface area contributed by atoms with E-state index in [-0.39, 0.29) is 22.8 Å². The van der Waals surface area contributed by atoms with Crippen molar-refractivity contribution in [3.8, 4) is 0 Å². The zero-order valence-corrected chi connectivity index (χ0v) is 18.0. The number of benzene rings is 1. The predicted molar refractivity (Wildman–Crippen MR) is 118 cm³/mol. The fourth-order valence-corrected chi connectivity index (χ4v) is 3.42. The molecule has 17 heteroatoms. The Morgan fingerprint density at radius 3 is 2.33 bits per heavy atom. The first-order chi connectivity index (χ1) is 15.4. The maximum atomic E-state index is 11.7. The number of aromatic nitrogens is 4. The van der Waals surface area contributed by atoms with Crippen molar-refractivity contribution in [2.75, 3.05) is 22.0 Å². The number of carbonyl (C=O) groups is 2. The van der Waals surface area contributed by atoms with E-state index in [4.69, 9.17) is 23.2 Å². The molecule has 2 heterocycles. The van der Waals surface area contributed by atoms with E-state index in [1.54, 1.807) is 36.2 Å². The lowest BCUT2D eigenvalue weighted by molar-refractivity contribution is 0.253. The van der Waals surface area contributed by atoms with Crippen molar-refractivity contribution in [3.05, 3.63) is 36.0 Å². The Hall–Kier alpha value is -3.95. The van der Waals surface area contributed by atoms with Gasteiger partial charge in [-0.2, -0.15) is 15.0 Å². The molecule has 10 N–H and O–H groups in total. The first-order valence-corrected chi connectivity index (χ1v) is 10.8. The van der Waals surface area contributed by atoms with Crippen molar-refractivity contribution in [2.45, 2.75) is 6.16 Å². The first kappa shape index (κ1) is 23.7. The Morgan fingerprint density at radius 2 is 1.73 bits per heavy atom. The monoisotopic (exact) mass is 477 g/mol. The van der Waals surface area contributed by atoms with Crippen LogP contribution >= 0.6 is 7.60 Å². The molecule has 0 bridgehead atoms. The van der Waals surface area contributed by atoms with Crippen molar-refractivity contribution in [3.63, 3.8) is 0 Å². The SMILES string of the molecule is CN(c1cccc(CP(=O)(O)O)c1)c1cnc2nc(N(N)C(N)=O)nc(N(N)C(N)=O)c2n1. The molecule has 0 aliphatic carbocycles. The van der Waals surface area contributed by atoms with Gasteiger partial charge in [-0.25, -0.2) is 36.3 Å². The molecular formula is C16H20N11O5P. The molecule has 2 aromatic heterocycles. The number of hydrogen-bond acceptors (Lipinski definition) is 10. The van der Waals surface area contributed by atoms with Gasteiger partial charge in [-0.15, -0.1) is 0 Å². The van der Waals surface area contributed by atoms with Gasteiger partial charge in [-0.1, -0.05) is 12.1 Å². The summed E-state index contributed by atoms with van der Waals surface area (Å²) in [4.78, 5) is 59.6. The minimum atomic E-state index is -4.26. The molecule has 0 saturated heterocycles. The summed E-state index contributed by atoms with van der Waals surface area (Å²) in [6.07, 6.45) is 0.893. The summed E-state index contributed by atoms with van der Waals surface area (Å²) in [5, 5.41) is 0.896. The molecule has 3 rings (SSSR count). The molecule has 0 unspecified atom stereocenters. The van der Waals surface area contributed by atoms with Crippen LogP contribution in [0.5, 0.6) is 0 Å². The van der Waals surface area contributed by atoms with Crippen LogP contribution in [0.1, 0.15) is 5.56 Å². The van der Waals surface area contributed by atoms with Gasteiger partial charge in [-0.05, 0) is 17.7 Å². The van der Waals surface area contributed by atoms with Crippen molar-refractivity contribution >= 4 is 54.1 Å². The van der Waals surface area contributed by atoms with Crippen LogP contribution in [0, 0.1) is 0 Å². The molecule has 0 aliphatic heterocycles. The first-order valence-electron chi connectivity index (χ1n) is 8.98. The van der Waals surface area contributed by atoms with Crippen molar-refractivity contribution < 1.29 is 23.9 Å². The van der Waals surface area contributed by atoms with Gasteiger partial charge < -0.3 is 26.2 Å². The zero-order valence-electron chi connectivity index (χ0n) is 17.1. The average Bonchev–Trinajstić information content (AvgIpc) is 2.75. The second kappa shape index (κ2) is 8.89. The highest BCUT2D eigenvalue weighted by atomic mass is 31.2. The minimum Gasteiger partial charge on any atom is -0.350 e. The number of carbonyl (C=O) groups excluding carboxylic acids is 2. The van der Waals surface area contributed by atoms with Gasteiger partial charge in [0, 0.05) is 12.7 Å². The highest BCUT2D eigenvalue weighted by Crippen LogP contribution is 2.39. The maximum absolute atomic E-state index is 11.7. The van der Waals surface area contributed by atoms with Gasteiger partial charge >= 0.3 is 19.7 Å². The van der Waals surface area contributed by atoms with Crippen LogP contribution in [0.4, 0.5) is 32.9 Å². The van der Waals surface area contributed by atoms with Crippen LogP contribution in [-0.2, 0) is 10.7 Å². The Morgan fingerprint density at radius 1 is 1.06 bits per heavy atom. The quantitative estimate of drug-likeness (QED) is 0.112. The normalized spacial score (nSPS) is 11.3. The van der Waals surface area contributed by atoms with Gasteiger partial charge in [0.15, 0.2) is 22.8 Å². The third-order valence-corrected chi connectivity index (χ3v) is 5.09. The van der Waals surface area contributed by atoms with Gasteiger partial charge in [0.1, 0.15) is 0 Å². The molecular weight excluding hydrogens is 457 g/mol. The molecule has 0 radical (unpaired) electrons. The summed E-state index contributed by atoms with van der Waals surface area (Å²) in [6.45, 7) is 0. The lowest BCUT2D eigenvalue weighted by atomic mass is 10.2. The molecule has 33 heavy (non-hydrogen) atoms. The van der Waals surface area contributed by atoms with E-state index in [1.807, 2.05) is 0 Å². The Labute approximate surface area is 185 Å². The summed E-state index contributed by atoms with van der Waals surface area (Å²) >= 11 is 0. The van der Waals surface area contributed by atoms with Gasteiger partial charge in [0.2, 0.25) is 0 Å². The molecule has 174 valence electrons. The van der Waals surface area contributed by atoms with Crippen molar-refractivity contribution in [1.29, 1.82) is 0 Å². The fourth-order valence-electron chi connectivity index (χ4n) is 2.75. The molecule has 0 saturated carbocycles. The van der Waals surface area contributed by atoms with Crippen LogP contribution in [-0.4, -0.2) is 48.8 Å². The fraction of sp³-hybridized carbons (Fsp3) is 0.125. The van der Waals surface area contributed by atoms with E-state index in [2.05, 4.69) is 19.9 Å². The lowest BCUT2D eigenvalue weighted by Crippen LogP contribution is -2.45. The van der Waals surface area contributed by atoms with Crippen LogP contribution in [0.25, 0.3) is 11.2 Å². The molecule has 0 spiro atoms. The summed E-state index contributed by atoms with van der Waals surface area (Å²) in [5.74, 6) is 10.8. The van der Waals surface area contributed by atoms with E-state index in [9.17, 15) is 23.9 Å². The Bertz CT molecular complexity index is 1280. The Balaban J connectivity index is 2.10. The minimum absolute atomic E-state index is 0.0476. The van der Waals surface area contributed by atoms with Crippen LogP contribution in [0.2, 0.25) is 0 Å². The number of nitrogens with zero attached hydrogens (tertiary/aromatic N) is 7. The predicted octanol–water partition coefficient (Wildman–Crippen LogP) is -0.617. The van der Waals surface area contributed by atoms with Crippen molar-refractivity contribution in [2.24, 2.45) is 23.2 Å². The highest BCUT2D eigenvalue weighted by Gasteiger charge is 2.23. The summed E-state index contributed by atoms with van der Waals surface area (Å²) in [7, 11) is -2.63. The largest absolute Gasteiger partial charge is 0.350 e. The van der Waals surface area contributed by atoms with E-state index in [0.29, 0.717) is 21.3 Å². The van der Waals surface area contributed by atoms with Crippen LogP contribution in [0.3, 0.4) is 0 Å². The lowest BCUT2D eigenvalue weighted by Gasteiger charge is -2.21. The maximum Gasteiger partial charge on any atom is 0.336 e. The number of hydrogen-bond donors (Lipinski definition) is 6. The molecule has 4 amide bonds. The number of fused-ring (bicyclic) bond motifs is 1. The molecule has 1 aromatic carbocycles. The topological polar surface area (TPSA) is 257 Å². The van der Waals surface area contributed by atoms with Gasteiger partial charge in [-0.3, -0.25) is 4.57 Å². The van der Waals surface area contributed by atoms with E-state index in [1.165, 1.54) is 6.20 Å². The standard InChI is InChI=1S/C16H20N11O5P/c1-25(9-4-2-3-8(5-9)7-33(30,31)32)10-6-21-12-11(22-10)13(26(19)14(17)28)24-16(23-12)27(20)15(18)29/h2-6H,7,19-20H2,1H3,(H2,17,28)(H2,18,29)(H2,30,31,32). The third-order valence-electron chi connectivity index (χ3n) is 4.31. The molecule has 0 fully saturated rings. The molecule has 0 aliphatic rings. The van der Waals surface area contributed by atoms with E-state index < -0.39 is 31.8 Å². The number of anilines is 4. The van der Waals surface area contributed by atoms with Gasteiger partial charge in [0.05, 0.1) is 12.4 Å². The summed E-state index contributed by atoms with van der Waals surface area (Å²) in [5.41, 5.74) is 11.2. The highest BCUT2D eigenvalue weighted by molar-refractivity contribution is 7.50. The third kappa shape index (κ3) is 5.28. The molecule has 3 aromatic rings. The summed E-state index contributed by atoms with van der Waals surface area (Å²) < 4.78 is 11.3. The number of primary amides is 2. The van der Waals surface area contributed by atoms with E-state index in [0.717, 1.165) is 0 Å². The second-order valence-electron chi connectivity index (χ2n) is 6.72. The number of amides is 4. The number of hydrazine groups is 2. The molecule has 16 nitrogen and oxygen atoms in total. The zero-order chi connectivity index (χ0) is 24.5. The van der Waals surface area contributed by atoms with Crippen molar-refractivity contribution in [1.82, 2.24) is 19.9 Å². The second-order valence-corrected chi connectivity index (χ2v) is 8.36. The van der Waals surface area contributed by atoms with Gasteiger partial charge in [0.25, 0.3) is 5.95 Å². The van der Waals surface area contributed by atoms with Crippen LogP contribution in [0.15, 0.2) is 30.5 Å². The number of urea groups is 2. The van der Waals surface area contributed by atoms with E-state index >= 15 is 0 Å². The number of nitrogens with two attached hydrogens (primary N) is 4. The molecule has 0 atom stereocenters. The number of rotatable bonds is 6. The summed E-state index contributed by atoms with van der Waals surface area (Å²) in [6, 6.07) is 4.29. The smallest absolute Gasteiger partial charge is 0.336 e.